The maximum Gasteiger partial charge on any atom is 0.416 e. The second-order valence-electron chi connectivity index (χ2n) is 9.42. The summed E-state index contributed by atoms with van der Waals surface area (Å²) in [5.41, 5.74) is -0.671. The number of ether oxygens (including phenoxy) is 1. The highest BCUT2D eigenvalue weighted by atomic mass is 35.5. The monoisotopic (exact) mass is 519 g/mol. The van der Waals surface area contributed by atoms with Crippen molar-refractivity contribution in [2.75, 3.05) is 0 Å². The van der Waals surface area contributed by atoms with Gasteiger partial charge in [0.15, 0.2) is 0 Å². The van der Waals surface area contributed by atoms with Gasteiger partial charge in [-0.2, -0.15) is 18.4 Å². The Morgan fingerprint density at radius 2 is 1.92 bits per heavy atom. The highest BCUT2D eigenvalue weighted by Crippen LogP contribution is 2.37. The van der Waals surface area contributed by atoms with Crippen LogP contribution in [0.15, 0.2) is 47.5 Å². The van der Waals surface area contributed by atoms with E-state index in [1.54, 1.807) is 20.8 Å². The summed E-state index contributed by atoms with van der Waals surface area (Å²) in [6.07, 6.45) is -4.34. The number of halogens is 4. The molecule has 1 N–H and O–H groups in total. The molecule has 0 heterocycles. The van der Waals surface area contributed by atoms with E-state index >= 15 is 0 Å². The molecular formula is C26H25ClF3N3O3. The minimum Gasteiger partial charge on any atom is -0.444 e. The number of nitriles is 1. The van der Waals surface area contributed by atoms with Crippen molar-refractivity contribution >= 4 is 34.9 Å². The van der Waals surface area contributed by atoms with Crippen molar-refractivity contribution < 1.29 is 27.5 Å². The summed E-state index contributed by atoms with van der Waals surface area (Å²) < 4.78 is 45.0. The average molecular weight is 520 g/mol. The third-order valence-electron chi connectivity index (χ3n) is 5.48. The molecule has 1 amide bonds. The van der Waals surface area contributed by atoms with E-state index in [1.165, 1.54) is 30.3 Å². The van der Waals surface area contributed by atoms with E-state index < -0.39 is 35.4 Å². The zero-order valence-electron chi connectivity index (χ0n) is 19.9. The van der Waals surface area contributed by atoms with Crippen LogP contribution in [0.5, 0.6) is 0 Å². The molecule has 36 heavy (non-hydrogen) atoms. The van der Waals surface area contributed by atoms with E-state index in [1.807, 2.05) is 6.07 Å². The molecule has 1 aliphatic carbocycles. The highest BCUT2D eigenvalue weighted by Gasteiger charge is 2.39. The summed E-state index contributed by atoms with van der Waals surface area (Å²) in [4.78, 5) is 30.4. The predicted molar refractivity (Wildman–Crippen MR) is 129 cm³/mol. The van der Waals surface area contributed by atoms with Gasteiger partial charge in [0.1, 0.15) is 11.4 Å². The van der Waals surface area contributed by atoms with Crippen molar-refractivity contribution in [3.8, 4) is 6.07 Å². The van der Waals surface area contributed by atoms with Crippen molar-refractivity contribution in [1.29, 1.82) is 5.26 Å². The Labute approximate surface area is 212 Å². The number of alkyl halides is 3. The number of carbonyl (C=O) groups excluding carboxylic acids is 2. The molecule has 3 rings (SSSR count). The Morgan fingerprint density at radius 3 is 2.53 bits per heavy atom. The number of benzene rings is 2. The van der Waals surface area contributed by atoms with Gasteiger partial charge in [-0.1, -0.05) is 23.7 Å². The molecule has 2 unspecified atom stereocenters. The lowest BCUT2D eigenvalue weighted by Gasteiger charge is -2.32. The molecule has 190 valence electrons. The van der Waals surface area contributed by atoms with Gasteiger partial charge in [0.05, 0.1) is 34.8 Å². The van der Waals surface area contributed by atoms with E-state index in [0.29, 0.717) is 24.1 Å². The van der Waals surface area contributed by atoms with Gasteiger partial charge in [-0.05, 0) is 69.5 Å². The maximum atomic E-state index is 13.2. The molecule has 0 bridgehead atoms. The molecular weight excluding hydrogens is 495 g/mol. The first-order chi connectivity index (χ1) is 16.8. The molecule has 0 saturated heterocycles. The zero-order valence-corrected chi connectivity index (χ0v) is 20.7. The summed E-state index contributed by atoms with van der Waals surface area (Å²) in [6, 6.07) is 9.93. The van der Waals surface area contributed by atoms with Gasteiger partial charge in [0.2, 0.25) is 0 Å². The summed E-state index contributed by atoms with van der Waals surface area (Å²) in [7, 11) is 0. The number of hydrogen-bond donors (Lipinski definition) is 1. The number of carbonyl (C=O) groups is 2. The van der Waals surface area contributed by atoms with Gasteiger partial charge in [-0.3, -0.25) is 9.79 Å². The minimum absolute atomic E-state index is 0.0430. The first kappa shape index (κ1) is 27.2. The Kier molecular flexibility index (Phi) is 8.09. The van der Waals surface area contributed by atoms with Crippen molar-refractivity contribution in [2.24, 2.45) is 10.9 Å². The van der Waals surface area contributed by atoms with Gasteiger partial charge in [0, 0.05) is 17.2 Å². The van der Waals surface area contributed by atoms with Crippen LogP contribution < -0.4 is 5.32 Å². The number of nitrogens with one attached hydrogen (secondary N) is 1. The topological polar surface area (TPSA) is 91.5 Å². The van der Waals surface area contributed by atoms with Crippen LogP contribution in [-0.2, 0) is 15.7 Å². The smallest absolute Gasteiger partial charge is 0.416 e. The van der Waals surface area contributed by atoms with E-state index in [2.05, 4.69) is 10.3 Å². The largest absolute Gasteiger partial charge is 0.444 e. The number of nitrogens with zero attached hydrogens (tertiary/aromatic N) is 2. The molecule has 1 saturated carbocycles. The second kappa shape index (κ2) is 10.7. The van der Waals surface area contributed by atoms with E-state index in [0.717, 1.165) is 12.1 Å². The lowest BCUT2D eigenvalue weighted by Crippen LogP contribution is -2.44. The summed E-state index contributed by atoms with van der Waals surface area (Å²) in [5.74, 6) is -1.24. The molecule has 0 aromatic heterocycles. The number of ketones is 1. The third-order valence-corrected chi connectivity index (χ3v) is 5.81. The molecule has 2 atom stereocenters. The maximum absolute atomic E-state index is 13.2. The zero-order chi connectivity index (χ0) is 26.7. The molecule has 6 nitrogen and oxygen atoms in total. The fourth-order valence-corrected chi connectivity index (χ4v) is 4.28. The van der Waals surface area contributed by atoms with Crippen molar-refractivity contribution in [1.82, 2.24) is 5.32 Å². The van der Waals surface area contributed by atoms with Crippen molar-refractivity contribution in [3.63, 3.8) is 0 Å². The Hall–Kier alpha value is -3.38. The average Bonchev–Trinajstić information content (AvgIpc) is 2.76. The summed E-state index contributed by atoms with van der Waals surface area (Å²) in [5, 5.41) is 12.0. The van der Waals surface area contributed by atoms with Gasteiger partial charge in [0.25, 0.3) is 0 Å². The van der Waals surface area contributed by atoms with Crippen molar-refractivity contribution in [2.45, 2.75) is 57.9 Å². The SMILES string of the molecule is CC(C)(C)OC(=O)NC(c1ccc(C#N)cc1Cl)C1C(=O)CCCC1=Nc1cccc(C(F)(F)F)c1. The van der Waals surface area contributed by atoms with Crippen molar-refractivity contribution in [3.05, 3.63) is 64.2 Å². The normalized spacial score (nSPS) is 18.4. The molecule has 1 fully saturated rings. The molecule has 2 aromatic rings. The second-order valence-corrected chi connectivity index (χ2v) is 9.83. The van der Waals surface area contributed by atoms with Crippen LogP contribution in [0.4, 0.5) is 23.7 Å². The van der Waals surface area contributed by atoms with Crippen LogP contribution in [0.3, 0.4) is 0 Å². The quantitative estimate of drug-likeness (QED) is 0.473. The Bertz CT molecular complexity index is 1230. The Balaban J connectivity index is 2.10. The predicted octanol–water partition coefficient (Wildman–Crippen LogP) is 6.94. The van der Waals surface area contributed by atoms with Gasteiger partial charge in [-0.15, -0.1) is 0 Å². The molecule has 10 heteroatoms. The first-order valence-corrected chi connectivity index (χ1v) is 11.6. The number of Topliss-reactive ketones (excluding diaryl/α,β-unsaturated/α-hetero) is 1. The number of hydrogen-bond acceptors (Lipinski definition) is 5. The number of alkyl carbamates (subject to hydrolysis) is 1. The highest BCUT2D eigenvalue weighted by molar-refractivity contribution is 6.31. The van der Waals surface area contributed by atoms with Crippen LogP contribution >= 0.6 is 11.6 Å². The van der Waals surface area contributed by atoms with Gasteiger partial charge < -0.3 is 10.1 Å². The molecule has 0 radical (unpaired) electrons. The van der Waals surface area contributed by atoms with Crippen LogP contribution in [0.1, 0.15) is 62.8 Å². The molecule has 1 aliphatic rings. The molecule has 0 aliphatic heterocycles. The van der Waals surface area contributed by atoms with E-state index in [4.69, 9.17) is 16.3 Å². The Morgan fingerprint density at radius 1 is 1.19 bits per heavy atom. The van der Waals surface area contributed by atoms with E-state index in [-0.39, 0.29) is 28.5 Å². The third kappa shape index (κ3) is 6.85. The number of amides is 1. The summed E-state index contributed by atoms with van der Waals surface area (Å²) >= 11 is 6.45. The van der Waals surface area contributed by atoms with Crippen LogP contribution in [0, 0.1) is 17.2 Å². The fraction of sp³-hybridized carbons (Fsp3) is 0.385. The fourth-order valence-electron chi connectivity index (χ4n) is 3.99. The lowest BCUT2D eigenvalue weighted by molar-refractivity contribution is -0.137. The standard InChI is InChI=1S/C26H25ClF3N3O3/c1-25(2,3)36-24(35)33-23(18-11-10-15(14-31)12-19(18)27)22-20(8-5-9-21(22)34)32-17-7-4-6-16(13-17)26(28,29)30/h4,6-7,10-13,22-23H,5,8-9H2,1-3H3,(H,33,35). The van der Waals surface area contributed by atoms with Crippen LogP contribution in [-0.4, -0.2) is 23.2 Å². The van der Waals surface area contributed by atoms with Gasteiger partial charge in [-0.25, -0.2) is 4.79 Å². The number of aliphatic imine (C=N–C) groups is 1. The van der Waals surface area contributed by atoms with Crippen LogP contribution in [0.25, 0.3) is 0 Å². The summed E-state index contributed by atoms with van der Waals surface area (Å²) in [6.45, 7) is 5.05. The van der Waals surface area contributed by atoms with Crippen LogP contribution in [0.2, 0.25) is 5.02 Å². The first-order valence-electron chi connectivity index (χ1n) is 11.2. The van der Waals surface area contributed by atoms with Gasteiger partial charge >= 0.3 is 12.3 Å². The van der Waals surface area contributed by atoms with E-state index in [9.17, 15) is 28.0 Å². The molecule has 0 spiro atoms. The number of rotatable bonds is 4. The minimum atomic E-state index is -4.55. The molecule has 2 aromatic carbocycles. The lowest BCUT2D eigenvalue weighted by atomic mass is 9.78.